The first-order valence-electron chi connectivity index (χ1n) is 10.4. The number of unbranched alkanes of at least 4 members (excludes halogenated alkanes) is 3. The summed E-state index contributed by atoms with van der Waals surface area (Å²) in [7, 11) is 0. The molecule has 1 aliphatic rings. The van der Waals surface area contributed by atoms with Gasteiger partial charge in [0.15, 0.2) is 5.78 Å². The van der Waals surface area contributed by atoms with Crippen LogP contribution in [0.2, 0.25) is 0 Å². The van der Waals surface area contributed by atoms with Gasteiger partial charge >= 0.3 is 0 Å². The molecule has 3 rings (SSSR count). The predicted molar refractivity (Wildman–Crippen MR) is 118 cm³/mol. The van der Waals surface area contributed by atoms with E-state index in [1.165, 1.54) is 51.6 Å². The molecule has 0 bridgehead atoms. The lowest BCUT2D eigenvalue weighted by atomic mass is 10.0. The second kappa shape index (κ2) is 10.8. The molecule has 150 valence electrons. The summed E-state index contributed by atoms with van der Waals surface area (Å²) in [5.74, 6) is 0.873. The second-order valence-electron chi connectivity index (χ2n) is 7.56. The molecule has 4 heteroatoms. The monoisotopic (exact) mass is 443 g/mol. The fourth-order valence-electron chi connectivity index (χ4n) is 3.78. The largest absolute Gasteiger partial charge is 0.492 e. The van der Waals surface area contributed by atoms with Crippen molar-refractivity contribution in [3.8, 4) is 5.75 Å². The molecular formula is C24H30BrNO2. The Morgan fingerprint density at radius 3 is 2.39 bits per heavy atom. The number of carbonyl (C=O) groups excluding carboxylic acids is 1. The van der Waals surface area contributed by atoms with Gasteiger partial charge < -0.3 is 4.74 Å². The van der Waals surface area contributed by atoms with E-state index in [1.54, 1.807) is 0 Å². The molecule has 0 N–H and O–H groups in total. The Bertz CT molecular complexity index is 742. The van der Waals surface area contributed by atoms with Crippen molar-refractivity contribution in [2.24, 2.45) is 0 Å². The van der Waals surface area contributed by atoms with Gasteiger partial charge in [-0.1, -0.05) is 42.1 Å². The Morgan fingerprint density at radius 2 is 1.71 bits per heavy atom. The number of carbonyl (C=O) groups is 1. The van der Waals surface area contributed by atoms with Crippen molar-refractivity contribution in [3.63, 3.8) is 0 Å². The van der Waals surface area contributed by atoms with Crippen LogP contribution in [0.25, 0.3) is 0 Å². The van der Waals surface area contributed by atoms with E-state index in [-0.39, 0.29) is 5.78 Å². The van der Waals surface area contributed by atoms with Crippen LogP contribution < -0.4 is 4.74 Å². The van der Waals surface area contributed by atoms with Crippen molar-refractivity contribution in [2.75, 3.05) is 19.7 Å². The Kier molecular flexibility index (Phi) is 8.11. The molecule has 1 saturated heterocycles. The Morgan fingerprint density at radius 1 is 1.04 bits per heavy atom. The van der Waals surface area contributed by atoms with Crippen molar-refractivity contribution in [2.45, 2.75) is 51.5 Å². The maximum Gasteiger partial charge on any atom is 0.193 e. The number of benzene rings is 2. The zero-order valence-corrected chi connectivity index (χ0v) is 18.3. The maximum absolute atomic E-state index is 12.6. The zero-order chi connectivity index (χ0) is 19.8. The Labute approximate surface area is 177 Å². The maximum atomic E-state index is 12.6. The Balaban J connectivity index is 1.50. The summed E-state index contributed by atoms with van der Waals surface area (Å²) in [5, 5.41) is 0. The summed E-state index contributed by atoms with van der Waals surface area (Å²) in [4.78, 5) is 15.1. The SMILES string of the molecule is CCCCCCN1CCCC1COc1ccc(C(=O)c2ccc(Br)cc2)cc1. The van der Waals surface area contributed by atoms with E-state index in [0.29, 0.717) is 17.2 Å². The number of nitrogens with zero attached hydrogens (tertiary/aromatic N) is 1. The zero-order valence-electron chi connectivity index (χ0n) is 16.7. The van der Waals surface area contributed by atoms with E-state index in [0.717, 1.165) is 16.8 Å². The third-order valence-electron chi connectivity index (χ3n) is 5.46. The lowest BCUT2D eigenvalue weighted by Gasteiger charge is -2.24. The third-order valence-corrected chi connectivity index (χ3v) is 5.99. The van der Waals surface area contributed by atoms with E-state index >= 15 is 0 Å². The van der Waals surface area contributed by atoms with Crippen LogP contribution in [-0.2, 0) is 0 Å². The molecule has 28 heavy (non-hydrogen) atoms. The molecular weight excluding hydrogens is 414 g/mol. The fraction of sp³-hybridized carbons (Fsp3) is 0.458. The van der Waals surface area contributed by atoms with Gasteiger partial charge in [0.25, 0.3) is 0 Å². The normalized spacial score (nSPS) is 17.0. The molecule has 1 atom stereocenters. The first kappa shape index (κ1) is 21.1. The topological polar surface area (TPSA) is 29.5 Å². The molecule has 0 aromatic heterocycles. The average Bonchev–Trinajstić information content (AvgIpc) is 3.17. The molecule has 0 radical (unpaired) electrons. The van der Waals surface area contributed by atoms with Crippen molar-refractivity contribution in [1.82, 2.24) is 4.90 Å². The Hall–Kier alpha value is -1.65. The van der Waals surface area contributed by atoms with Gasteiger partial charge in [0, 0.05) is 21.6 Å². The number of ether oxygens (including phenoxy) is 1. The molecule has 2 aromatic rings. The van der Waals surface area contributed by atoms with Crippen LogP contribution in [0.15, 0.2) is 53.0 Å². The molecule has 0 saturated carbocycles. The average molecular weight is 444 g/mol. The minimum absolute atomic E-state index is 0.0353. The van der Waals surface area contributed by atoms with Crippen molar-refractivity contribution < 1.29 is 9.53 Å². The van der Waals surface area contributed by atoms with Gasteiger partial charge in [-0.2, -0.15) is 0 Å². The minimum atomic E-state index is 0.0353. The lowest BCUT2D eigenvalue weighted by molar-refractivity contribution is 0.103. The molecule has 3 nitrogen and oxygen atoms in total. The summed E-state index contributed by atoms with van der Waals surface area (Å²) >= 11 is 3.40. The summed E-state index contributed by atoms with van der Waals surface area (Å²) in [6.45, 7) is 5.37. The van der Waals surface area contributed by atoms with Crippen LogP contribution in [0.4, 0.5) is 0 Å². The van der Waals surface area contributed by atoms with Gasteiger partial charge in [-0.15, -0.1) is 0 Å². The van der Waals surface area contributed by atoms with Gasteiger partial charge in [-0.05, 0) is 80.9 Å². The number of hydrogen-bond donors (Lipinski definition) is 0. The molecule has 1 heterocycles. The molecule has 1 unspecified atom stereocenters. The van der Waals surface area contributed by atoms with Crippen LogP contribution in [-0.4, -0.2) is 36.4 Å². The quantitative estimate of drug-likeness (QED) is 0.327. The van der Waals surface area contributed by atoms with E-state index < -0.39 is 0 Å². The standard InChI is InChI=1S/C24H30BrNO2/c1-2-3-4-5-16-26-17-6-7-22(26)18-28-23-14-10-20(11-15-23)24(27)19-8-12-21(25)13-9-19/h8-15,22H,2-7,16-18H2,1H3. The van der Waals surface area contributed by atoms with Crippen LogP contribution >= 0.6 is 15.9 Å². The van der Waals surface area contributed by atoms with Crippen LogP contribution in [0.5, 0.6) is 5.75 Å². The van der Waals surface area contributed by atoms with Gasteiger partial charge in [0.1, 0.15) is 12.4 Å². The number of halogens is 1. The third kappa shape index (κ3) is 5.92. The van der Waals surface area contributed by atoms with E-state index in [4.69, 9.17) is 4.74 Å². The lowest BCUT2D eigenvalue weighted by Crippen LogP contribution is -2.34. The highest BCUT2D eigenvalue weighted by Crippen LogP contribution is 2.21. The molecule has 2 aromatic carbocycles. The summed E-state index contributed by atoms with van der Waals surface area (Å²) in [6.07, 6.45) is 7.72. The number of rotatable bonds is 10. The highest BCUT2D eigenvalue weighted by atomic mass is 79.9. The van der Waals surface area contributed by atoms with E-state index in [1.807, 2.05) is 48.5 Å². The van der Waals surface area contributed by atoms with Crippen molar-refractivity contribution in [1.29, 1.82) is 0 Å². The van der Waals surface area contributed by atoms with Gasteiger partial charge in [-0.25, -0.2) is 0 Å². The number of ketones is 1. The van der Waals surface area contributed by atoms with E-state index in [2.05, 4.69) is 27.8 Å². The highest BCUT2D eigenvalue weighted by Gasteiger charge is 2.24. The summed E-state index contributed by atoms with van der Waals surface area (Å²) < 4.78 is 7.02. The van der Waals surface area contributed by atoms with Crippen LogP contribution in [0.3, 0.4) is 0 Å². The molecule has 0 amide bonds. The van der Waals surface area contributed by atoms with Gasteiger partial charge in [-0.3, -0.25) is 9.69 Å². The number of hydrogen-bond acceptors (Lipinski definition) is 3. The van der Waals surface area contributed by atoms with Crippen LogP contribution in [0.1, 0.15) is 61.4 Å². The van der Waals surface area contributed by atoms with Gasteiger partial charge in [0.2, 0.25) is 0 Å². The highest BCUT2D eigenvalue weighted by molar-refractivity contribution is 9.10. The van der Waals surface area contributed by atoms with Crippen molar-refractivity contribution >= 4 is 21.7 Å². The molecule has 0 spiro atoms. The second-order valence-corrected chi connectivity index (χ2v) is 8.48. The molecule has 1 aliphatic heterocycles. The summed E-state index contributed by atoms with van der Waals surface area (Å²) in [5.41, 5.74) is 1.38. The number of likely N-dealkylation sites (tertiary alicyclic amines) is 1. The van der Waals surface area contributed by atoms with Crippen LogP contribution in [0, 0.1) is 0 Å². The van der Waals surface area contributed by atoms with Gasteiger partial charge in [0.05, 0.1) is 0 Å². The summed E-state index contributed by atoms with van der Waals surface area (Å²) in [6, 6.07) is 15.5. The smallest absolute Gasteiger partial charge is 0.193 e. The fourth-order valence-corrected chi connectivity index (χ4v) is 4.05. The first-order valence-corrected chi connectivity index (χ1v) is 11.2. The first-order chi connectivity index (χ1) is 13.7. The van der Waals surface area contributed by atoms with E-state index in [9.17, 15) is 4.79 Å². The minimum Gasteiger partial charge on any atom is -0.492 e. The molecule has 0 aliphatic carbocycles. The van der Waals surface area contributed by atoms with Crippen molar-refractivity contribution in [3.05, 3.63) is 64.1 Å². The predicted octanol–water partition coefficient (Wildman–Crippen LogP) is 6.10. The molecule has 1 fully saturated rings.